The van der Waals surface area contributed by atoms with Gasteiger partial charge in [-0.15, -0.1) is 0 Å². The van der Waals surface area contributed by atoms with Gasteiger partial charge in [-0.3, -0.25) is 4.79 Å². The van der Waals surface area contributed by atoms with Gasteiger partial charge in [-0.1, -0.05) is 0 Å². The summed E-state index contributed by atoms with van der Waals surface area (Å²) < 4.78 is 5.23. The van der Waals surface area contributed by atoms with Crippen LogP contribution in [0.5, 0.6) is 0 Å². The van der Waals surface area contributed by atoms with E-state index in [9.17, 15) is 9.90 Å². The van der Waals surface area contributed by atoms with Gasteiger partial charge in [0, 0.05) is 0 Å². The van der Waals surface area contributed by atoms with Gasteiger partial charge in [0.25, 0.3) is 0 Å². The first-order valence-electron chi connectivity index (χ1n) is 5.63. The molecule has 0 spiro atoms. The second kappa shape index (κ2) is 3.76. The van der Waals surface area contributed by atoms with Crippen LogP contribution < -0.4 is 0 Å². The highest BCUT2D eigenvalue weighted by Gasteiger charge is 2.53. The van der Waals surface area contributed by atoms with Crippen molar-refractivity contribution < 1.29 is 14.6 Å². The number of β-amino-alcohol motifs (C(OH)–C–C–N with tert-alkyl or cyclic N) is 1. The number of aliphatic hydroxyl groups is 1. The van der Waals surface area contributed by atoms with Crippen LogP contribution in [-0.4, -0.2) is 47.3 Å². The van der Waals surface area contributed by atoms with Gasteiger partial charge in [-0.05, 0) is 32.6 Å². The number of likely N-dealkylation sites (tertiary alicyclic amines) is 1. The highest BCUT2D eigenvalue weighted by atomic mass is 16.5. The zero-order valence-electron chi connectivity index (χ0n) is 9.40. The molecule has 2 fully saturated rings. The average molecular weight is 213 g/mol. The minimum Gasteiger partial charge on any atom is -0.386 e. The number of amides is 1. The Morgan fingerprint density at radius 3 is 2.60 bits per heavy atom. The molecule has 1 aliphatic carbocycles. The number of carbonyl (C=O) groups is 1. The summed E-state index contributed by atoms with van der Waals surface area (Å²) in [5.41, 5.74) is -0.576. The number of ether oxygens (including phenoxy) is 1. The molecule has 0 aromatic carbocycles. The molecule has 0 atom stereocenters. The molecule has 0 bridgehead atoms. The molecule has 0 radical (unpaired) electrons. The largest absolute Gasteiger partial charge is 0.386 e. The SMILES string of the molecule is CC(C)OCC(=O)N1CC(O)(C2CC2)C1. The van der Waals surface area contributed by atoms with E-state index < -0.39 is 5.60 Å². The van der Waals surface area contributed by atoms with E-state index in [1.807, 2.05) is 13.8 Å². The highest BCUT2D eigenvalue weighted by molar-refractivity contribution is 5.78. The maximum absolute atomic E-state index is 11.6. The zero-order valence-corrected chi connectivity index (χ0v) is 9.40. The van der Waals surface area contributed by atoms with Crippen molar-refractivity contribution in [2.75, 3.05) is 19.7 Å². The van der Waals surface area contributed by atoms with Gasteiger partial charge in [0.1, 0.15) is 12.2 Å². The van der Waals surface area contributed by atoms with Crippen LogP contribution in [0.4, 0.5) is 0 Å². The van der Waals surface area contributed by atoms with Gasteiger partial charge in [-0.25, -0.2) is 0 Å². The van der Waals surface area contributed by atoms with Crippen molar-refractivity contribution in [2.45, 2.75) is 38.4 Å². The molecule has 86 valence electrons. The van der Waals surface area contributed by atoms with E-state index in [-0.39, 0.29) is 18.6 Å². The number of hydrogen-bond donors (Lipinski definition) is 1. The Labute approximate surface area is 90.2 Å². The molecule has 1 saturated carbocycles. The van der Waals surface area contributed by atoms with Crippen molar-refractivity contribution >= 4 is 5.91 Å². The van der Waals surface area contributed by atoms with Crippen LogP contribution >= 0.6 is 0 Å². The fraction of sp³-hybridized carbons (Fsp3) is 0.909. The molecule has 1 saturated heterocycles. The Kier molecular flexibility index (Phi) is 2.73. The smallest absolute Gasteiger partial charge is 0.248 e. The Morgan fingerprint density at radius 1 is 1.53 bits per heavy atom. The number of rotatable bonds is 4. The normalized spacial score (nSPS) is 24.1. The van der Waals surface area contributed by atoms with E-state index in [1.165, 1.54) is 0 Å². The lowest BCUT2D eigenvalue weighted by Gasteiger charge is -2.47. The van der Waals surface area contributed by atoms with Crippen LogP contribution in [0.1, 0.15) is 26.7 Å². The fourth-order valence-electron chi connectivity index (χ4n) is 2.00. The second-order valence-corrected chi connectivity index (χ2v) is 4.99. The molecule has 1 N–H and O–H groups in total. The van der Waals surface area contributed by atoms with Gasteiger partial charge in [0.2, 0.25) is 5.91 Å². The summed E-state index contributed by atoms with van der Waals surface area (Å²) in [6.45, 7) is 4.95. The maximum Gasteiger partial charge on any atom is 0.248 e. The lowest BCUT2D eigenvalue weighted by Crippen LogP contribution is -2.65. The summed E-state index contributed by atoms with van der Waals surface area (Å²) >= 11 is 0. The Balaban J connectivity index is 1.71. The zero-order chi connectivity index (χ0) is 11.1. The molecule has 15 heavy (non-hydrogen) atoms. The van der Waals surface area contributed by atoms with Crippen LogP contribution in [0.2, 0.25) is 0 Å². The third kappa shape index (κ3) is 2.32. The maximum atomic E-state index is 11.6. The highest BCUT2D eigenvalue weighted by Crippen LogP contribution is 2.44. The topological polar surface area (TPSA) is 49.8 Å². The molecule has 0 aromatic heterocycles. The first-order chi connectivity index (χ1) is 7.01. The molecule has 2 aliphatic rings. The van der Waals surface area contributed by atoms with Crippen LogP contribution in [0.25, 0.3) is 0 Å². The molecular formula is C11H19NO3. The van der Waals surface area contributed by atoms with Crippen LogP contribution in [-0.2, 0) is 9.53 Å². The van der Waals surface area contributed by atoms with E-state index in [1.54, 1.807) is 4.90 Å². The van der Waals surface area contributed by atoms with E-state index in [0.717, 1.165) is 12.8 Å². The van der Waals surface area contributed by atoms with Crippen molar-refractivity contribution in [3.05, 3.63) is 0 Å². The molecule has 4 nitrogen and oxygen atoms in total. The van der Waals surface area contributed by atoms with E-state index in [4.69, 9.17) is 4.74 Å². The summed E-state index contributed by atoms with van der Waals surface area (Å²) in [6.07, 6.45) is 2.31. The third-order valence-electron chi connectivity index (χ3n) is 3.16. The van der Waals surface area contributed by atoms with Crippen molar-refractivity contribution in [1.82, 2.24) is 4.90 Å². The van der Waals surface area contributed by atoms with Crippen LogP contribution in [0.3, 0.4) is 0 Å². The van der Waals surface area contributed by atoms with Crippen LogP contribution in [0, 0.1) is 5.92 Å². The minimum absolute atomic E-state index is 0.00553. The molecule has 1 amide bonds. The van der Waals surface area contributed by atoms with Crippen molar-refractivity contribution in [2.24, 2.45) is 5.92 Å². The first-order valence-corrected chi connectivity index (χ1v) is 5.63. The summed E-state index contributed by atoms with van der Waals surface area (Å²) in [7, 11) is 0. The monoisotopic (exact) mass is 213 g/mol. The standard InChI is InChI=1S/C11H19NO3/c1-8(2)15-5-10(13)12-6-11(14,7-12)9-3-4-9/h8-9,14H,3-7H2,1-2H3. The molecule has 1 heterocycles. The van der Waals surface area contributed by atoms with Gasteiger partial charge < -0.3 is 14.7 Å². The molecule has 2 rings (SSSR count). The van der Waals surface area contributed by atoms with Crippen molar-refractivity contribution in [3.63, 3.8) is 0 Å². The number of hydrogen-bond acceptors (Lipinski definition) is 3. The van der Waals surface area contributed by atoms with Crippen LogP contribution in [0.15, 0.2) is 0 Å². The fourth-order valence-corrected chi connectivity index (χ4v) is 2.00. The predicted octanol–water partition coefficient (Wildman–Crippen LogP) is 0.395. The Bertz CT molecular complexity index is 255. The molecule has 1 aliphatic heterocycles. The van der Waals surface area contributed by atoms with E-state index in [2.05, 4.69) is 0 Å². The van der Waals surface area contributed by atoms with Crippen molar-refractivity contribution in [3.8, 4) is 0 Å². The summed E-state index contributed by atoms with van der Waals surface area (Å²) in [4.78, 5) is 13.2. The lowest BCUT2D eigenvalue weighted by molar-refractivity contribution is -0.164. The van der Waals surface area contributed by atoms with Gasteiger partial charge in [0.15, 0.2) is 0 Å². The minimum atomic E-state index is -0.576. The summed E-state index contributed by atoms with van der Waals surface area (Å²) in [5, 5.41) is 10.0. The molecule has 0 unspecified atom stereocenters. The first kappa shape index (κ1) is 10.9. The summed E-state index contributed by atoms with van der Waals surface area (Å²) in [5.74, 6) is 0.432. The van der Waals surface area contributed by atoms with Gasteiger partial charge >= 0.3 is 0 Å². The molecular weight excluding hydrogens is 194 g/mol. The van der Waals surface area contributed by atoms with E-state index in [0.29, 0.717) is 19.0 Å². The van der Waals surface area contributed by atoms with Gasteiger partial charge in [0.05, 0.1) is 19.2 Å². The van der Waals surface area contributed by atoms with E-state index >= 15 is 0 Å². The van der Waals surface area contributed by atoms with Crippen molar-refractivity contribution in [1.29, 1.82) is 0 Å². The Hall–Kier alpha value is -0.610. The average Bonchev–Trinajstić information content (AvgIpc) is 2.91. The predicted molar refractivity (Wildman–Crippen MR) is 55.3 cm³/mol. The van der Waals surface area contributed by atoms with Gasteiger partial charge in [-0.2, -0.15) is 0 Å². The molecule has 4 heteroatoms. The third-order valence-corrected chi connectivity index (χ3v) is 3.16. The Morgan fingerprint density at radius 2 is 2.13 bits per heavy atom. The quantitative estimate of drug-likeness (QED) is 0.735. The number of carbonyl (C=O) groups excluding carboxylic acids is 1. The second-order valence-electron chi connectivity index (χ2n) is 4.99. The summed E-state index contributed by atoms with van der Waals surface area (Å²) in [6, 6.07) is 0. The lowest BCUT2D eigenvalue weighted by atomic mass is 9.89. The number of nitrogens with zero attached hydrogens (tertiary/aromatic N) is 1. The molecule has 0 aromatic rings.